The quantitative estimate of drug-likeness (QED) is 0.293. The van der Waals surface area contributed by atoms with Gasteiger partial charge in [0.1, 0.15) is 22.1 Å². The summed E-state index contributed by atoms with van der Waals surface area (Å²) < 4.78 is 56.2. The highest BCUT2D eigenvalue weighted by Gasteiger charge is 2.39. The molecule has 0 bridgehead atoms. The molecule has 0 aliphatic carbocycles. The zero-order valence-corrected chi connectivity index (χ0v) is 21.6. The Morgan fingerprint density at radius 1 is 1.03 bits per heavy atom. The van der Waals surface area contributed by atoms with Crippen LogP contribution in [0.2, 0.25) is 15.2 Å². The molecule has 1 unspecified atom stereocenters. The number of aliphatic hydroxyl groups is 2. The molecule has 0 radical (unpaired) electrons. The van der Waals surface area contributed by atoms with Crippen LogP contribution in [-0.2, 0) is 13.1 Å². The molecule has 0 fully saturated rings. The Morgan fingerprint density at radius 2 is 1.68 bits per heavy atom. The maximum absolute atomic E-state index is 14.0. The number of aliphatic hydroxyl groups excluding tert-OH is 2. The number of hydrogen-bond donors (Lipinski definition) is 2. The van der Waals surface area contributed by atoms with Crippen LogP contribution in [0.4, 0.5) is 17.6 Å². The molecule has 15 heteroatoms. The van der Waals surface area contributed by atoms with E-state index in [1.54, 1.807) is 0 Å². The van der Waals surface area contributed by atoms with Gasteiger partial charge in [0, 0.05) is 10.6 Å². The average Bonchev–Trinajstić information content (AvgIpc) is 3.36. The minimum Gasteiger partial charge on any atom is -0.385 e. The summed E-state index contributed by atoms with van der Waals surface area (Å²) in [5.41, 5.74) is -0.756. The topological polar surface area (TPSA) is 98.1 Å². The van der Waals surface area contributed by atoms with Crippen molar-refractivity contribution in [3.63, 3.8) is 0 Å². The molecule has 0 spiro atoms. The third-order valence-corrected chi connectivity index (χ3v) is 6.53. The van der Waals surface area contributed by atoms with Gasteiger partial charge < -0.3 is 10.2 Å². The Balaban J connectivity index is 1.84. The lowest BCUT2D eigenvalue weighted by Crippen LogP contribution is -2.37. The molecule has 2 atom stereocenters. The van der Waals surface area contributed by atoms with Gasteiger partial charge in [-0.3, -0.25) is 9.13 Å². The molecule has 0 aliphatic rings. The number of hydrogen-bond acceptors (Lipinski definition) is 5. The van der Waals surface area contributed by atoms with Crippen LogP contribution in [0.25, 0.3) is 16.9 Å². The van der Waals surface area contributed by atoms with Gasteiger partial charge in [-0.05, 0) is 31.2 Å². The lowest BCUT2D eigenvalue weighted by atomic mass is 10.1. The first kappa shape index (κ1) is 28.1. The van der Waals surface area contributed by atoms with Crippen LogP contribution in [0.1, 0.15) is 24.7 Å². The minimum absolute atomic E-state index is 0.0403. The lowest BCUT2D eigenvalue weighted by molar-refractivity contribution is -0.207. The number of halogens is 7. The van der Waals surface area contributed by atoms with Crippen molar-refractivity contribution in [3.8, 4) is 16.9 Å². The molecule has 4 rings (SSSR count). The van der Waals surface area contributed by atoms with Crippen molar-refractivity contribution in [2.45, 2.75) is 38.4 Å². The van der Waals surface area contributed by atoms with Crippen molar-refractivity contribution >= 4 is 34.8 Å². The fourth-order valence-electron chi connectivity index (χ4n) is 3.71. The summed E-state index contributed by atoms with van der Waals surface area (Å²) in [6.07, 6.45) is -9.05. The van der Waals surface area contributed by atoms with Crippen molar-refractivity contribution in [3.05, 3.63) is 85.6 Å². The number of alkyl halides is 3. The normalized spacial score (nSPS) is 13.6. The third kappa shape index (κ3) is 5.45. The van der Waals surface area contributed by atoms with Crippen LogP contribution in [0.15, 0.2) is 47.3 Å². The van der Waals surface area contributed by atoms with Crippen LogP contribution < -0.4 is 5.69 Å². The second kappa shape index (κ2) is 10.7. The molecule has 0 amide bonds. The van der Waals surface area contributed by atoms with Crippen LogP contribution in [0.5, 0.6) is 0 Å². The van der Waals surface area contributed by atoms with Gasteiger partial charge in [-0.1, -0.05) is 53.0 Å². The molecule has 2 N–H and O–H groups in total. The second-order valence-electron chi connectivity index (χ2n) is 8.23. The van der Waals surface area contributed by atoms with E-state index in [0.29, 0.717) is 9.59 Å². The molecule has 0 saturated heterocycles. The predicted molar refractivity (Wildman–Crippen MR) is 132 cm³/mol. The van der Waals surface area contributed by atoms with Crippen molar-refractivity contribution in [1.29, 1.82) is 0 Å². The molecule has 4 aromatic rings. The number of imidazole rings is 1. The van der Waals surface area contributed by atoms with Crippen molar-refractivity contribution in [2.24, 2.45) is 0 Å². The Kier molecular flexibility index (Phi) is 7.91. The average molecular weight is 595 g/mol. The van der Waals surface area contributed by atoms with Gasteiger partial charge >= 0.3 is 11.9 Å². The van der Waals surface area contributed by atoms with Gasteiger partial charge in [0.2, 0.25) is 0 Å². The summed E-state index contributed by atoms with van der Waals surface area (Å²) in [7, 11) is 0. The van der Waals surface area contributed by atoms with Crippen molar-refractivity contribution in [2.75, 3.05) is 0 Å². The number of benzene rings is 2. The summed E-state index contributed by atoms with van der Waals surface area (Å²) in [5.74, 6) is -0.868. The van der Waals surface area contributed by atoms with E-state index in [0.717, 1.165) is 15.3 Å². The largest absolute Gasteiger partial charge is 0.416 e. The van der Waals surface area contributed by atoms with Crippen LogP contribution >= 0.6 is 34.8 Å². The van der Waals surface area contributed by atoms with E-state index in [1.165, 1.54) is 43.3 Å². The molecular weight excluding hydrogens is 577 g/mol. The molecule has 2 heterocycles. The Hall–Kier alpha value is -2.90. The fourth-order valence-corrected chi connectivity index (χ4v) is 4.39. The third-order valence-electron chi connectivity index (χ3n) is 5.52. The van der Waals surface area contributed by atoms with E-state index >= 15 is 0 Å². The fraction of sp³-hybridized carbons (Fsp3) is 0.261. The Labute approximate surface area is 227 Å². The van der Waals surface area contributed by atoms with Crippen LogP contribution in [-0.4, -0.2) is 46.4 Å². The molecule has 0 saturated carbocycles. The smallest absolute Gasteiger partial charge is 0.385 e. The molecule has 8 nitrogen and oxygen atoms in total. The molecule has 2 aromatic carbocycles. The maximum Gasteiger partial charge on any atom is 0.416 e. The summed E-state index contributed by atoms with van der Waals surface area (Å²) in [6, 6.07) is 9.75. The Morgan fingerprint density at radius 3 is 2.29 bits per heavy atom. The standard InChI is InChI=1S/C23H18Cl3F4N5O3/c1-11(36)21-31-17(32-35(21)15-4-2-3-14(27)18(15)25)10-34-20(26)19(12-5-7-13(24)8-6-12)33(22(34)38)9-16(37)23(28,29)30/h2-8,11,16,36-37H,9-10H2,1H3/t11-,16?/m0/s1. The number of aromatic nitrogens is 5. The summed E-state index contributed by atoms with van der Waals surface area (Å²) in [6.45, 7) is -0.190. The SMILES string of the molecule is C[C@H](O)c1nc(Cn2c(Cl)c(-c3ccc(Cl)cc3)n(CC(O)C(F)(F)F)c2=O)nn1-c1cccc(F)c1Cl. The van der Waals surface area contributed by atoms with Crippen LogP contribution in [0, 0.1) is 5.82 Å². The first-order valence-electron chi connectivity index (χ1n) is 10.9. The Bertz CT molecular complexity index is 1530. The van der Waals surface area contributed by atoms with Gasteiger partial charge in [-0.2, -0.15) is 13.2 Å². The predicted octanol–water partition coefficient (Wildman–Crippen LogP) is 5.02. The van der Waals surface area contributed by atoms with Crippen molar-refractivity contribution < 1.29 is 27.8 Å². The zero-order valence-electron chi connectivity index (χ0n) is 19.3. The first-order chi connectivity index (χ1) is 17.8. The van der Waals surface area contributed by atoms with Gasteiger partial charge in [0.05, 0.1) is 24.5 Å². The highest BCUT2D eigenvalue weighted by Crippen LogP contribution is 2.31. The van der Waals surface area contributed by atoms with Gasteiger partial charge in [-0.25, -0.2) is 18.9 Å². The van der Waals surface area contributed by atoms with E-state index in [1.807, 2.05) is 0 Å². The van der Waals surface area contributed by atoms with Crippen LogP contribution in [0.3, 0.4) is 0 Å². The van der Waals surface area contributed by atoms with Crippen molar-refractivity contribution in [1.82, 2.24) is 23.9 Å². The number of rotatable bonds is 7. The van der Waals surface area contributed by atoms with Gasteiger partial charge in [0.15, 0.2) is 17.8 Å². The monoisotopic (exact) mass is 593 g/mol. The maximum atomic E-state index is 14.0. The summed E-state index contributed by atoms with van der Waals surface area (Å²) >= 11 is 18.5. The molecule has 2 aromatic heterocycles. The molecule has 0 aliphatic heterocycles. The summed E-state index contributed by atoms with van der Waals surface area (Å²) in [5, 5.41) is 23.9. The van der Waals surface area contributed by atoms with E-state index in [9.17, 15) is 32.6 Å². The molecule has 202 valence electrons. The van der Waals surface area contributed by atoms with E-state index in [-0.39, 0.29) is 38.8 Å². The molecular formula is C23H18Cl3F4N5O3. The summed E-state index contributed by atoms with van der Waals surface area (Å²) in [4.78, 5) is 17.5. The molecule has 38 heavy (non-hydrogen) atoms. The second-order valence-corrected chi connectivity index (χ2v) is 9.40. The van der Waals surface area contributed by atoms with E-state index in [4.69, 9.17) is 34.8 Å². The zero-order chi connectivity index (χ0) is 27.9. The first-order valence-corrected chi connectivity index (χ1v) is 12.0. The van der Waals surface area contributed by atoms with Gasteiger partial charge in [-0.15, -0.1) is 5.10 Å². The van der Waals surface area contributed by atoms with Gasteiger partial charge in [0.25, 0.3) is 0 Å². The lowest BCUT2D eigenvalue weighted by Gasteiger charge is -2.16. The highest BCUT2D eigenvalue weighted by molar-refractivity contribution is 6.33. The minimum atomic E-state index is -5.00. The highest BCUT2D eigenvalue weighted by atomic mass is 35.5. The van der Waals surface area contributed by atoms with E-state index in [2.05, 4.69) is 10.1 Å². The number of nitrogens with zero attached hydrogens (tertiary/aromatic N) is 5. The van der Waals surface area contributed by atoms with E-state index < -0.39 is 43.0 Å².